The minimum atomic E-state index is -1.07. The van der Waals surface area contributed by atoms with Crippen LogP contribution in [0, 0.1) is 0 Å². The van der Waals surface area contributed by atoms with E-state index in [0.29, 0.717) is 11.1 Å². The predicted molar refractivity (Wildman–Crippen MR) is 49.2 cm³/mol. The van der Waals surface area contributed by atoms with E-state index in [1.807, 2.05) is 0 Å². The molecular weight excluding hydrogens is 154 g/mol. The third-order valence-electron chi connectivity index (χ3n) is 1.29. The molecule has 0 aromatic rings. The van der Waals surface area contributed by atoms with Crippen molar-refractivity contribution in [1.82, 2.24) is 0 Å². The number of carboxylic acids is 1. The molecule has 1 N–H and O–H groups in total. The van der Waals surface area contributed by atoms with Crippen LogP contribution in [0.1, 0.15) is 6.92 Å². The molecule has 64 valence electrons. The van der Waals surface area contributed by atoms with Gasteiger partial charge in [0.25, 0.3) is 0 Å². The number of hydrogen-bond donors (Lipinski definition) is 1. The third kappa shape index (κ3) is 2.54. The average molecular weight is 165 g/mol. The summed E-state index contributed by atoms with van der Waals surface area (Å²) in [7, 11) is 0. The van der Waals surface area contributed by atoms with Crippen LogP contribution in [0.25, 0.3) is 0 Å². The molecule has 0 bridgehead atoms. The van der Waals surface area contributed by atoms with Gasteiger partial charge in [0.05, 0.1) is 5.57 Å². The van der Waals surface area contributed by atoms with Crippen molar-refractivity contribution in [3.63, 3.8) is 0 Å². The van der Waals surface area contributed by atoms with Crippen LogP contribution in [-0.2, 0) is 4.79 Å². The van der Waals surface area contributed by atoms with Gasteiger partial charge in [-0.15, -0.1) is 0 Å². The minimum absolute atomic E-state index is 0.0255. The maximum absolute atomic E-state index is 10.6. The highest BCUT2D eigenvalue weighted by Gasteiger charge is 2.10. The van der Waals surface area contributed by atoms with Crippen molar-refractivity contribution in [2.24, 2.45) is 4.99 Å². The van der Waals surface area contributed by atoms with Crippen molar-refractivity contribution < 1.29 is 9.90 Å². The van der Waals surface area contributed by atoms with Gasteiger partial charge in [-0.3, -0.25) is 4.99 Å². The molecule has 0 unspecified atom stereocenters. The third-order valence-corrected chi connectivity index (χ3v) is 1.29. The smallest absolute Gasteiger partial charge is 0.337 e. The van der Waals surface area contributed by atoms with Crippen LogP contribution in [-0.4, -0.2) is 17.8 Å². The van der Waals surface area contributed by atoms with Gasteiger partial charge in [-0.1, -0.05) is 18.7 Å². The van der Waals surface area contributed by atoms with Gasteiger partial charge < -0.3 is 5.11 Å². The highest BCUT2D eigenvalue weighted by molar-refractivity contribution is 5.93. The van der Waals surface area contributed by atoms with Gasteiger partial charge in [-0.25, -0.2) is 4.79 Å². The maximum Gasteiger partial charge on any atom is 0.337 e. The van der Waals surface area contributed by atoms with E-state index in [4.69, 9.17) is 5.11 Å². The number of rotatable bonds is 4. The molecule has 0 radical (unpaired) electrons. The van der Waals surface area contributed by atoms with Crippen LogP contribution >= 0.6 is 0 Å². The lowest BCUT2D eigenvalue weighted by atomic mass is 10.0. The quantitative estimate of drug-likeness (QED) is 0.392. The SMILES string of the molecule is C=N/C=C(\C(=C)C(=C)C)C(=O)O. The molecule has 12 heavy (non-hydrogen) atoms. The summed E-state index contributed by atoms with van der Waals surface area (Å²) < 4.78 is 0. The normalized spacial score (nSPS) is 10.6. The fourth-order valence-corrected chi connectivity index (χ4v) is 0.583. The topological polar surface area (TPSA) is 49.7 Å². The molecule has 0 fully saturated rings. The highest BCUT2D eigenvalue weighted by atomic mass is 16.4. The summed E-state index contributed by atoms with van der Waals surface area (Å²) in [4.78, 5) is 13.9. The summed E-state index contributed by atoms with van der Waals surface area (Å²) in [5, 5.41) is 8.67. The molecule has 0 aliphatic rings. The Balaban J connectivity index is 4.89. The van der Waals surface area contributed by atoms with E-state index in [1.54, 1.807) is 6.92 Å². The second kappa shape index (κ2) is 4.28. The van der Waals surface area contributed by atoms with Crippen LogP contribution in [0.5, 0.6) is 0 Å². The Morgan fingerprint density at radius 2 is 2.00 bits per heavy atom. The van der Waals surface area contributed by atoms with Gasteiger partial charge in [0, 0.05) is 6.20 Å². The van der Waals surface area contributed by atoms with E-state index >= 15 is 0 Å². The Labute approximate surface area is 71.4 Å². The molecule has 0 heterocycles. The number of aliphatic imine (C=N–C) groups is 1. The number of nitrogens with zero attached hydrogens (tertiary/aromatic N) is 1. The summed E-state index contributed by atoms with van der Waals surface area (Å²) in [6.07, 6.45) is 1.15. The van der Waals surface area contributed by atoms with Crippen LogP contribution < -0.4 is 0 Å². The molecule has 0 aromatic heterocycles. The van der Waals surface area contributed by atoms with Gasteiger partial charge in [0.2, 0.25) is 0 Å². The van der Waals surface area contributed by atoms with Gasteiger partial charge in [0.1, 0.15) is 0 Å². The maximum atomic E-state index is 10.6. The fourth-order valence-electron chi connectivity index (χ4n) is 0.583. The Bertz CT molecular complexity index is 274. The number of aliphatic carboxylic acids is 1. The van der Waals surface area contributed by atoms with Crippen LogP contribution in [0.3, 0.4) is 0 Å². The van der Waals surface area contributed by atoms with Crippen molar-refractivity contribution in [3.8, 4) is 0 Å². The van der Waals surface area contributed by atoms with Crippen molar-refractivity contribution in [2.75, 3.05) is 0 Å². The lowest BCUT2D eigenvalue weighted by Gasteiger charge is -2.03. The zero-order valence-corrected chi connectivity index (χ0v) is 7.00. The van der Waals surface area contributed by atoms with Gasteiger partial charge in [0.15, 0.2) is 0 Å². The molecule has 0 spiro atoms. The van der Waals surface area contributed by atoms with Crippen molar-refractivity contribution in [3.05, 3.63) is 36.1 Å². The zero-order valence-electron chi connectivity index (χ0n) is 7.00. The first-order valence-corrected chi connectivity index (χ1v) is 3.25. The van der Waals surface area contributed by atoms with Crippen molar-refractivity contribution in [1.29, 1.82) is 0 Å². The Hall–Kier alpha value is -1.64. The van der Waals surface area contributed by atoms with E-state index in [2.05, 4.69) is 24.9 Å². The largest absolute Gasteiger partial charge is 0.478 e. The molecular formula is C9H11NO2. The lowest BCUT2D eigenvalue weighted by Crippen LogP contribution is -2.03. The van der Waals surface area contributed by atoms with E-state index in [-0.39, 0.29) is 5.57 Å². The Kier molecular flexibility index (Phi) is 3.70. The summed E-state index contributed by atoms with van der Waals surface area (Å²) in [5.41, 5.74) is 1.000. The first-order chi connectivity index (χ1) is 5.50. The standard InChI is InChI=1S/C9H11NO2/c1-6(2)7(3)8(5-10-4)9(11)12/h5H,1,3-4H2,2H3,(H,11,12)/b8-5+. The molecule has 0 saturated carbocycles. The molecule has 0 aliphatic heterocycles. The molecule has 3 heteroatoms. The summed E-state index contributed by atoms with van der Waals surface area (Å²) in [6, 6.07) is 0. The minimum Gasteiger partial charge on any atom is -0.478 e. The van der Waals surface area contributed by atoms with Crippen LogP contribution in [0.2, 0.25) is 0 Å². The summed E-state index contributed by atoms with van der Waals surface area (Å²) in [5.74, 6) is -1.07. The monoisotopic (exact) mass is 165 g/mol. The lowest BCUT2D eigenvalue weighted by molar-refractivity contribution is -0.132. The first kappa shape index (κ1) is 10.4. The second-order valence-electron chi connectivity index (χ2n) is 2.29. The molecule has 3 nitrogen and oxygen atoms in total. The molecule has 0 rings (SSSR count). The van der Waals surface area contributed by atoms with Gasteiger partial charge in [-0.2, -0.15) is 0 Å². The van der Waals surface area contributed by atoms with Gasteiger partial charge >= 0.3 is 5.97 Å². The van der Waals surface area contributed by atoms with Gasteiger partial charge in [-0.05, 0) is 19.2 Å². The predicted octanol–water partition coefficient (Wildman–Crippen LogP) is 1.79. The molecule has 0 amide bonds. The molecule has 0 atom stereocenters. The molecule has 0 aromatic carbocycles. The molecule has 0 aliphatic carbocycles. The van der Waals surface area contributed by atoms with E-state index < -0.39 is 5.97 Å². The van der Waals surface area contributed by atoms with Crippen molar-refractivity contribution >= 4 is 12.7 Å². The highest BCUT2D eigenvalue weighted by Crippen LogP contribution is 2.15. The zero-order chi connectivity index (χ0) is 9.72. The van der Waals surface area contributed by atoms with Crippen molar-refractivity contribution in [2.45, 2.75) is 6.92 Å². The summed E-state index contributed by atoms with van der Waals surface area (Å²) >= 11 is 0. The number of carboxylic acid groups (broad SMARTS) is 1. The number of carbonyl (C=O) groups is 1. The van der Waals surface area contributed by atoms with E-state index in [1.165, 1.54) is 0 Å². The molecule has 0 saturated heterocycles. The first-order valence-electron chi connectivity index (χ1n) is 3.25. The second-order valence-corrected chi connectivity index (χ2v) is 2.29. The van der Waals surface area contributed by atoms with Crippen LogP contribution in [0.15, 0.2) is 41.1 Å². The fraction of sp³-hybridized carbons (Fsp3) is 0.111. The Morgan fingerprint density at radius 1 is 1.50 bits per heavy atom. The van der Waals surface area contributed by atoms with E-state index in [9.17, 15) is 4.79 Å². The summed E-state index contributed by atoms with van der Waals surface area (Å²) in [6.45, 7) is 12.0. The van der Waals surface area contributed by atoms with Crippen LogP contribution in [0.4, 0.5) is 0 Å². The number of allylic oxidation sites excluding steroid dienone is 1. The average Bonchev–Trinajstić information content (AvgIpc) is 1.98. The number of hydrogen-bond acceptors (Lipinski definition) is 2. The Morgan fingerprint density at radius 3 is 2.25 bits per heavy atom. The van der Waals surface area contributed by atoms with E-state index in [0.717, 1.165) is 6.20 Å².